The van der Waals surface area contributed by atoms with Gasteiger partial charge < -0.3 is 5.73 Å². The molecule has 2 heterocycles. The van der Waals surface area contributed by atoms with E-state index in [0.29, 0.717) is 6.54 Å². The average molecular weight is 287 g/mol. The fourth-order valence-corrected chi connectivity index (χ4v) is 2.83. The maximum Gasteiger partial charge on any atom is 0.235 e. The van der Waals surface area contributed by atoms with Crippen LogP contribution in [0.25, 0.3) is 15.5 Å². The van der Waals surface area contributed by atoms with Crippen LogP contribution in [0, 0.1) is 0 Å². The third-order valence-corrected chi connectivity index (χ3v) is 4.05. The van der Waals surface area contributed by atoms with Crippen molar-refractivity contribution in [3.8, 4) is 10.6 Å². The van der Waals surface area contributed by atoms with Crippen LogP contribution in [0.3, 0.4) is 0 Å². The molecule has 6 heteroatoms. The van der Waals surface area contributed by atoms with Crippen molar-refractivity contribution in [1.82, 2.24) is 19.8 Å². The minimum Gasteiger partial charge on any atom is -0.326 e. The molecule has 2 aromatic heterocycles. The zero-order valence-corrected chi connectivity index (χ0v) is 12.6. The van der Waals surface area contributed by atoms with E-state index in [1.807, 2.05) is 28.8 Å². The van der Waals surface area contributed by atoms with Crippen molar-refractivity contribution in [1.29, 1.82) is 0 Å². The minimum absolute atomic E-state index is 0.0752. The summed E-state index contributed by atoms with van der Waals surface area (Å²) in [5.74, 6) is 0.883. The van der Waals surface area contributed by atoms with Gasteiger partial charge in [-0.25, -0.2) is 0 Å². The molecule has 0 spiro atoms. The Morgan fingerprint density at radius 1 is 1.15 bits per heavy atom. The monoisotopic (exact) mass is 287 g/mol. The van der Waals surface area contributed by atoms with E-state index < -0.39 is 0 Å². The number of hydrogen-bond donors (Lipinski definition) is 1. The van der Waals surface area contributed by atoms with Gasteiger partial charge in [0.15, 0.2) is 5.82 Å². The molecule has 0 fully saturated rings. The summed E-state index contributed by atoms with van der Waals surface area (Å²) in [6.07, 6.45) is 0. The summed E-state index contributed by atoms with van der Waals surface area (Å²) < 4.78 is 1.84. The maximum absolute atomic E-state index is 5.62. The van der Waals surface area contributed by atoms with Crippen LogP contribution in [0.2, 0.25) is 0 Å². The van der Waals surface area contributed by atoms with Crippen molar-refractivity contribution >= 4 is 16.3 Å². The van der Waals surface area contributed by atoms with Crippen LogP contribution >= 0.6 is 11.3 Å². The van der Waals surface area contributed by atoms with Crippen LogP contribution in [0.1, 0.15) is 32.2 Å². The first-order chi connectivity index (χ1) is 9.49. The topological polar surface area (TPSA) is 69.1 Å². The second kappa shape index (κ2) is 4.64. The predicted octanol–water partition coefficient (Wildman–Crippen LogP) is 2.61. The first kappa shape index (κ1) is 13.2. The van der Waals surface area contributed by atoms with E-state index in [1.54, 1.807) is 11.3 Å². The van der Waals surface area contributed by atoms with Gasteiger partial charge in [0, 0.05) is 17.5 Å². The van der Waals surface area contributed by atoms with Crippen LogP contribution < -0.4 is 5.73 Å². The molecular weight excluding hydrogens is 270 g/mol. The normalized spacial score (nSPS) is 12.2. The third-order valence-electron chi connectivity index (χ3n) is 3.10. The Kier molecular flexibility index (Phi) is 3.07. The summed E-state index contributed by atoms with van der Waals surface area (Å²) in [5, 5.41) is 14.0. The minimum atomic E-state index is -0.0752. The predicted molar refractivity (Wildman–Crippen MR) is 80.7 cm³/mol. The lowest BCUT2D eigenvalue weighted by molar-refractivity contribution is 0.528. The van der Waals surface area contributed by atoms with Gasteiger partial charge in [-0.2, -0.15) is 9.61 Å². The Hall–Kier alpha value is -1.79. The summed E-state index contributed by atoms with van der Waals surface area (Å²) in [7, 11) is 0. The molecule has 0 aliphatic carbocycles. The van der Waals surface area contributed by atoms with Gasteiger partial charge in [-0.15, -0.1) is 10.2 Å². The zero-order valence-electron chi connectivity index (χ0n) is 11.8. The number of benzene rings is 1. The molecule has 0 amide bonds. The van der Waals surface area contributed by atoms with Crippen molar-refractivity contribution in [2.75, 3.05) is 0 Å². The summed E-state index contributed by atoms with van der Waals surface area (Å²) in [4.78, 5) is 0.827. The molecule has 5 nitrogen and oxygen atoms in total. The van der Waals surface area contributed by atoms with Crippen molar-refractivity contribution in [3.05, 3.63) is 35.7 Å². The molecule has 0 unspecified atom stereocenters. The Morgan fingerprint density at radius 2 is 1.85 bits per heavy atom. The van der Waals surface area contributed by atoms with Gasteiger partial charge >= 0.3 is 0 Å². The Labute approximate surface area is 121 Å². The molecule has 20 heavy (non-hydrogen) atoms. The number of nitrogens with zero attached hydrogens (tertiary/aromatic N) is 4. The van der Waals surface area contributed by atoms with E-state index in [4.69, 9.17) is 5.73 Å². The largest absolute Gasteiger partial charge is 0.326 e. The van der Waals surface area contributed by atoms with Gasteiger partial charge in [0.25, 0.3) is 0 Å². The first-order valence-corrected chi connectivity index (χ1v) is 7.33. The van der Waals surface area contributed by atoms with Gasteiger partial charge in [-0.3, -0.25) is 0 Å². The second-order valence-electron chi connectivity index (χ2n) is 5.78. The molecule has 0 atom stereocenters. The number of aromatic nitrogens is 4. The van der Waals surface area contributed by atoms with E-state index in [1.165, 1.54) is 0 Å². The van der Waals surface area contributed by atoms with Crippen LogP contribution in [0.4, 0.5) is 0 Å². The first-order valence-electron chi connectivity index (χ1n) is 6.51. The zero-order chi connectivity index (χ0) is 14.3. The lowest BCUT2D eigenvalue weighted by Crippen LogP contribution is -2.16. The van der Waals surface area contributed by atoms with Gasteiger partial charge in [-0.05, 0) is 5.56 Å². The van der Waals surface area contributed by atoms with Crippen molar-refractivity contribution < 1.29 is 0 Å². The Bertz CT molecular complexity index is 733. The highest BCUT2D eigenvalue weighted by Crippen LogP contribution is 2.28. The lowest BCUT2D eigenvalue weighted by atomic mass is 9.96. The number of hydrogen-bond acceptors (Lipinski definition) is 5. The highest BCUT2D eigenvalue weighted by molar-refractivity contribution is 7.19. The van der Waals surface area contributed by atoms with Crippen LogP contribution in [-0.4, -0.2) is 19.8 Å². The molecule has 104 valence electrons. The quantitative estimate of drug-likeness (QED) is 0.786. The smallest absolute Gasteiger partial charge is 0.235 e. The van der Waals surface area contributed by atoms with E-state index in [9.17, 15) is 0 Å². The SMILES string of the molecule is CC(C)(C)c1nnc2sc(-c3ccc(CN)cc3)nn12. The fraction of sp³-hybridized carbons (Fsp3) is 0.357. The van der Waals surface area contributed by atoms with Crippen molar-refractivity contribution in [2.24, 2.45) is 5.73 Å². The number of nitrogens with two attached hydrogens (primary N) is 1. The average Bonchev–Trinajstić information content (AvgIpc) is 2.97. The summed E-state index contributed by atoms with van der Waals surface area (Å²) in [6, 6.07) is 8.15. The lowest BCUT2D eigenvalue weighted by Gasteiger charge is -2.13. The molecule has 0 aliphatic rings. The van der Waals surface area contributed by atoms with Crippen LogP contribution in [-0.2, 0) is 12.0 Å². The Balaban J connectivity index is 2.06. The highest BCUT2D eigenvalue weighted by Gasteiger charge is 2.23. The van der Waals surface area contributed by atoms with E-state index in [-0.39, 0.29) is 5.41 Å². The van der Waals surface area contributed by atoms with Gasteiger partial charge in [0.2, 0.25) is 4.96 Å². The summed E-state index contributed by atoms with van der Waals surface area (Å²) >= 11 is 1.55. The molecule has 0 saturated heterocycles. The van der Waals surface area contributed by atoms with E-state index in [2.05, 4.69) is 36.1 Å². The number of fused-ring (bicyclic) bond motifs is 1. The third kappa shape index (κ3) is 2.21. The van der Waals surface area contributed by atoms with E-state index in [0.717, 1.165) is 26.9 Å². The molecule has 0 saturated carbocycles. The molecule has 3 aromatic rings. The summed E-state index contributed by atoms with van der Waals surface area (Å²) in [5.41, 5.74) is 7.74. The fourth-order valence-electron chi connectivity index (χ4n) is 1.98. The summed E-state index contributed by atoms with van der Waals surface area (Å²) in [6.45, 7) is 6.88. The molecule has 3 rings (SSSR count). The van der Waals surface area contributed by atoms with Gasteiger partial charge in [0.1, 0.15) is 5.01 Å². The Morgan fingerprint density at radius 3 is 2.45 bits per heavy atom. The van der Waals surface area contributed by atoms with Gasteiger partial charge in [0.05, 0.1) is 0 Å². The molecule has 0 radical (unpaired) electrons. The molecule has 2 N–H and O–H groups in total. The van der Waals surface area contributed by atoms with Crippen LogP contribution in [0.5, 0.6) is 0 Å². The highest BCUT2D eigenvalue weighted by atomic mass is 32.1. The maximum atomic E-state index is 5.62. The molecule has 0 bridgehead atoms. The van der Waals surface area contributed by atoms with Gasteiger partial charge in [-0.1, -0.05) is 56.4 Å². The number of rotatable bonds is 2. The second-order valence-corrected chi connectivity index (χ2v) is 6.73. The van der Waals surface area contributed by atoms with E-state index >= 15 is 0 Å². The molecule has 1 aromatic carbocycles. The van der Waals surface area contributed by atoms with Crippen molar-refractivity contribution in [2.45, 2.75) is 32.7 Å². The van der Waals surface area contributed by atoms with Crippen LogP contribution in [0.15, 0.2) is 24.3 Å². The molecule has 0 aliphatic heterocycles. The molecular formula is C14H17N5S. The van der Waals surface area contributed by atoms with Crippen molar-refractivity contribution in [3.63, 3.8) is 0 Å². The standard InChI is InChI=1S/C14H17N5S/c1-14(2,3)12-16-17-13-19(12)18-11(20-13)10-6-4-9(8-15)5-7-10/h4-7H,8,15H2,1-3H3.